The average Bonchev–Trinajstić information content (AvgIpc) is 2.71. The molecule has 0 radical (unpaired) electrons. The number of rotatable bonds is 2. The molecule has 0 fully saturated rings. The summed E-state index contributed by atoms with van der Waals surface area (Å²) >= 11 is 5.93. The highest BCUT2D eigenvalue weighted by molar-refractivity contribution is 7.91. The third kappa shape index (κ3) is 3.29. The lowest BCUT2D eigenvalue weighted by Crippen LogP contribution is -2.26. The van der Waals surface area contributed by atoms with E-state index < -0.39 is 15.1 Å². The van der Waals surface area contributed by atoms with E-state index in [9.17, 15) is 8.42 Å². The Morgan fingerprint density at radius 2 is 1.67 bits per heavy atom. The van der Waals surface area contributed by atoms with Crippen molar-refractivity contribution in [1.82, 2.24) is 0 Å². The monoisotopic (exact) mass is 398 g/mol. The average molecular weight is 399 g/mol. The standard InChI is InChI=1S/C18H21ClO2P2S/c1-11-3-2-4-14-15(22)9-10-16(23)17(14)18(11)24(20,21)13-7-5-12(19)6-8-13/h5-11,18H,2-4,22-23H2,1H3. The van der Waals surface area contributed by atoms with Gasteiger partial charge in [0.25, 0.3) is 0 Å². The molecule has 4 atom stereocenters. The number of benzene rings is 2. The van der Waals surface area contributed by atoms with E-state index in [0.717, 1.165) is 35.4 Å². The van der Waals surface area contributed by atoms with Gasteiger partial charge in [0.15, 0.2) is 9.84 Å². The smallest absolute Gasteiger partial charge is 0.185 e. The van der Waals surface area contributed by atoms with Gasteiger partial charge in [0, 0.05) is 5.02 Å². The molecule has 2 aromatic carbocycles. The fraction of sp³-hybridized carbons (Fsp3) is 0.333. The summed E-state index contributed by atoms with van der Waals surface area (Å²) in [5.74, 6) is 0.0676. The van der Waals surface area contributed by atoms with E-state index in [-0.39, 0.29) is 5.92 Å². The minimum absolute atomic E-state index is 0.0676. The van der Waals surface area contributed by atoms with Gasteiger partial charge >= 0.3 is 0 Å². The van der Waals surface area contributed by atoms with Crippen LogP contribution >= 0.6 is 30.1 Å². The fourth-order valence-corrected chi connectivity index (χ4v) is 6.82. The molecule has 0 saturated carbocycles. The van der Waals surface area contributed by atoms with Crippen molar-refractivity contribution >= 4 is 50.5 Å². The van der Waals surface area contributed by atoms with Crippen LogP contribution in [0.1, 0.15) is 36.1 Å². The maximum absolute atomic E-state index is 13.4. The van der Waals surface area contributed by atoms with E-state index in [1.54, 1.807) is 24.3 Å². The van der Waals surface area contributed by atoms with Crippen LogP contribution in [-0.4, -0.2) is 8.42 Å². The molecule has 0 amide bonds. The molecular formula is C18H21ClO2P2S. The largest absolute Gasteiger partial charge is 0.223 e. The number of hydrogen-bond acceptors (Lipinski definition) is 2. The van der Waals surface area contributed by atoms with Crippen LogP contribution in [0, 0.1) is 5.92 Å². The Hall–Kier alpha value is -0.460. The van der Waals surface area contributed by atoms with Gasteiger partial charge in [0.2, 0.25) is 0 Å². The highest BCUT2D eigenvalue weighted by atomic mass is 35.5. The quantitative estimate of drug-likeness (QED) is 0.569. The van der Waals surface area contributed by atoms with E-state index in [2.05, 4.69) is 18.5 Å². The van der Waals surface area contributed by atoms with Gasteiger partial charge in [-0.15, -0.1) is 18.5 Å². The number of fused-ring (bicyclic) bond motifs is 1. The van der Waals surface area contributed by atoms with Crippen LogP contribution in [0.15, 0.2) is 41.3 Å². The fourth-order valence-electron chi connectivity index (χ4n) is 3.58. The molecule has 0 spiro atoms. The summed E-state index contributed by atoms with van der Waals surface area (Å²) in [4.78, 5) is 0.343. The third-order valence-corrected chi connectivity index (χ3v) is 8.39. The molecule has 24 heavy (non-hydrogen) atoms. The molecule has 2 nitrogen and oxygen atoms in total. The first kappa shape index (κ1) is 18.3. The lowest BCUT2D eigenvalue weighted by Gasteiger charge is -2.26. The van der Waals surface area contributed by atoms with Crippen molar-refractivity contribution in [1.29, 1.82) is 0 Å². The van der Waals surface area contributed by atoms with Crippen LogP contribution in [0.3, 0.4) is 0 Å². The number of sulfone groups is 1. The second-order valence-corrected chi connectivity index (χ2v) is 10.2. The summed E-state index contributed by atoms with van der Waals surface area (Å²) in [5, 5.41) is 2.10. The molecule has 0 heterocycles. The Balaban J connectivity index is 2.23. The minimum Gasteiger partial charge on any atom is -0.223 e. The van der Waals surface area contributed by atoms with Gasteiger partial charge in [-0.1, -0.05) is 30.7 Å². The molecule has 0 aromatic heterocycles. The maximum Gasteiger partial charge on any atom is 0.185 e. The molecule has 3 rings (SSSR count). The van der Waals surface area contributed by atoms with Crippen molar-refractivity contribution in [2.45, 2.75) is 36.3 Å². The topological polar surface area (TPSA) is 34.1 Å². The molecule has 0 aliphatic heterocycles. The zero-order chi connectivity index (χ0) is 17.5. The van der Waals surface area contributed by atoms with Crippen molar-refractivity contribution < 1.29 is 8.42 Å². The first-order valence-corrected chi connectivity index (χ1v) is 11.1. The van der Waals surface area contributed by atoms with E-state index in [0.29, 0.717) is 9.92 Å². The predicted molar refractivity (Wildman–Crippen MR) is 109 cm³/mol. The Kier molecular flexibility index (Phi) is 5.38. The van der Waals surface area contributed by atoms with E-state index in [1.807, 2.05) is 19.1 Å². The van der Waals surface area contributed by atoms with Crippen molar-refractivity contribution in [2.24, 2.45) is 5.92 Å². The molecule has 0 saturated heterocycles. The van der Waals surface area contributed by atoms with Gasteiger partial charge in [0.05, 0.1) is 10.1 Å². The zero-order valence-corrected chi connectivity index (χ0v) is 17.4. The molecule has 1 aliphatic carbocycles. The first-order chi connectivity index (χ1) is 11.3. The lowest BCUT2D eigenvalue weighted by molar-refractivity contribution is 0.486. The van der Waals surface area contributed by atoms with Crippen molar-refractivity contribution in [3.8, 4) is 0 Å². The summed E-state index contributed by atoms with van der Waals surface area (Å²) in [7, 11) is 1.99. The van der Waals surface area contributed by atoms with Crippen molar-refractivity contribution in [3.63, 3.8) is 0 Å². The second-order valence-electron chi connectivity index (χ2n) is 6.43. The van der Waals surface area contributed by atoms with E-state index >= 15 is 0 Å². The highest BCUT2D eigenvalue weighted by Gasteiger charge is 2.38. The second kappa shape index (κ2) is 7.04. The Bertz CT molecular complexity index is 863. The summed E-state index contributed by atoms with van der Waals surface area (Å²) in [6.07, 6.45) is 2.84. The third-order valence-electron chi connectivity index (χ3n) is 4.79. The van der Waals surface area contributed by atoms with Gasteiger partial charge in [-0.25, -0.2) is 8.42 Å². The van der Waals surface area contributed by atoms with Gasteiger partial charge in [-0.2, -0.15) is 0 Å². The van der Waals surface area contributed by atoms with Crippen LogP contribution < -0.4 is 10.6 Å². The molecule has 0 N–H and O–H groups in total. The molecule has 6 heteroatoms. The molecule has 0 bridgehead atoms. The van der Waals surface area contributed by atoms with Gasteiger partial charge < -0.3 is 0 Å². The molecule has 128 valence electrons. The van der Waals surface area contributed by atoms with Gasteiger partial charge in [-0.3, -0.25) is 0 Å². The Morgan fingerprint density at radius 1 is 1.04 bits per heavy atom. The molecule has 2 aromatic rings. The Labute approximate surface area is 153 Å². The Morgan fingerprint density at radius 3 is 2.33 bits per heavy atom. The van der Waals surface area contributed by atoms with E-state index in [1.165, 1.54) is 5.56 Å². The van der Waals surface area contributed by atoms with Gasteiger partial charge in [0.1, 0.15) is 0 Å². The normalized spacial score (nSPS) is 21.2. The van der Waals surface area contributed by atoms with Crippen LogP contribution in [-0.2, 0) is 16.3 Å². The maximum atomic E-state index is 13.4. The zero-order valence-electron chi connectivity index (χ0n) is 13.5. The summed E-state index contributed by atoms with van der Waals surface area (Å²) in [6.45, 7) is 2.05. The molecule has 1 aliphatic rings. The summed E-state index contributed by atoms with van der Waals surface area (Å²) in [6, 6.07) is 10.6. The summed E-state index contributed by atoms with van der Waals surface area (Å²) < 4.78 is 26.9. The van der Waals surface area contributed by atoms with Crippen LogP contribution in [0.25, 0.3) is 0 Å². The molecule has 4 unspecified atom stereocenters. The minimum atomic E-state index is -3.49. The summed E-state index contributed by atoms with van der Waals surface area (Å²) in [5.41, 5.74) is 2.13. The van der Waals surface area contributed by atoms with E-state index in [4.69, 9.17) is 11.6 Å². The van der Waals surface area contributed by atoms with Crippen LogP contribution in [0.4, 0.5) is 0 Å². The van der Waals surface area contributed by atoms with Crippen molar-refractivity contribution in [3.05, 3.63) is 52.5 Å². The predicted octanol–water partition coefficient (Wildman–Crippen LogP) is 3.83. The highest BCUT2D eigenvalue weighted by Crippen LogP contribution is 2.41. The lowest BCUT2D eigenvalue weighted by atomic mass is 9.97. The number of halogens is 1. The van der Waals surface area contributed by atoms with Crippen LogP contribution in [0.5, 0.6) is 0 Å². The molecular weight excluding hydrogens is 378 g/mol. The SMILES string of the molecule is CC1CCCc2c(P)ccc(P)c2C1S(=O)(=O)c1ccc(Cl)cc1. The number of hydrogen-bond donors (Lipinski definition) is 0. The first-order valence-electron chi connectivity index (χ1n) is 7.98. The van der Waals surface area contributed by atoms with Crippen LogP contribution in [0.2, 0.25) is 5.02 Å². The van der Waals surface area contributed by atoms with Gasteiger partial charge in [-0.05, 0) is 71.2 Å². The van der Waals surface area contributed by atoms with Crippen molar-refractivity contribution in [2.75, 3.05) is 0 Å².